The van der Waals surface area contributed by atoms with E-state index in [0.717, 1.165) is 31.4 Å². The third-order valence-corrected chi connectivity index (χ3v) is 4.05. The number of amides is 1. The van der Waals surface area contributed by atoms with Gasteiger partial charge in [0.2, 0.25) is 11.8 Å². The number of carbonyl (C=O) groups excluding carboxylic acids is 1. The van der Waals surface area contributed by atoms with Gasteiger partial charge < -0.3 is 9.42 Å². The van der Waals surface area contributed by atoms with Gasteiger partial charge in [-0.1, -0.05) is 5.16 Å². The molecule has 22 heavy (non-hydrogen) atoms. The summed E-state index contributed by atoms with van der Waals surface area (Å²) in [4.78, 5) is 18.6. The largest absolute Gasteiger partial charge is 0.342 e. The SMILES string of the molecule is Cc1noc([C@@H]2CCCN(C(=O)CCc3cnn(C)c3)C2)n1. The second-order valence-corrected chi connectivity index (χ2v) is 5.88. The Morgan fingerprint density at radius 1 is 1.50 bits per heavy atom. The first-order valence-electron chi connectivity index (χ1n) is 7.67. The van der Waals surface area contributed by atoms with Gasteiger partial charge in [-0.3, -0.25) is 9.48 Å². The van der Waals surface area contributed by atoms with E-state index in [1.165, 1.54) is 0 Å². The van der Waals surface area contributed by atoms with Crippen LogP contribution in [-0.4, -0.2) is 43.8 Å². The Balaban J connectivity index is 1.55. The Morgan fingerprint density at radius 2 is 2.36 bits per heavy atom. The highest BCUT2D eigenvalue weighted by atomic mass is 16.5. The zero-order chi connectivity index (χ0) is 15.5. The van der Waals surface area contributed by atoms with Crippen LogP contribution in [-0.2, 0) is 18.3 Å². The highest BCUT2D eigenvalue weighted by Crippen LogP contribution is 2.26. The van der Waals surface area contributed by atoms with Crippen LogP contribution in [0.2, 0.25) is 0 Å². The van der Waals surface area contributed by atoms with Crippen LogP contribution in [0.1, 0.15) is 42.5 Å². The second kappa shape index (κ2) is 6.29. The van der Waals surface area contributed by atoms with E-state index in [1.807, 2.05) is 31.3 Å². The maximum Gasteiger partial charge on any atom is 0.231 e. The average molecular weight is 303 g/mol. The summed E-state index contributed by atoms with van der Waals surface area (Å²) < 4.78 is 7.01. The van der Waals surface area contributed by atoms with Crippen LogP contribution in [0.4, 0.5) is 0 Å². The van der Waals surface area contributed by atoms with Crippen LogP contribution in [0.25, 0.3) is 0 Å². The molecule has 0 radical (unpaired) electrons. The minimum atomic E-state index is 0.164. The summed E-state index contributed by atoms with van der Waals surface area (Å²) in [6.07, 6.45) is 6.98. The van der Waals surface area contributed by atoms with Crippen molar-refractivity contribution >= 4 is 5.91 Å². The maximum atomic E-state index is 12.4. The highest BCUT2D eigenvalue weighted by molar-refractivity contribution is 5.76. The molecule has 1 fully saturated rings. The van der Waals surface area contributed by atoms with Gasteiger partial charge in [-0.25, -0.2) is 0 Å². The molecule has 0 aliphatic carbocycles. The molecule has 1 aliphatic rings. The normalized spacial score (nSPS) is 18.6. The van der Waals surface area contributed by atoms with Gasteiger partial charge in [0, 0.05) is 32.8 Å². The van der Waals surface area contributed by atoms with Crippen molar-refractivity contribution in [2.75, 3.05) is 13.1 Å². The standard InChI is InChI=1S/C15H21N5O2/c1-11-17-15(22-18-11)13-4-3-7-20(10-13)14(21)6-5-12-8-16-19(2)9-12/h8-9,13H,3-7,10H2,1-2H3/t13-/m1/s1. The predicted molar refractivity (Wildman–Crippen MR) is 79.1 cm³/mol. The third-order valence-electron chi connectivity index (χ3n) is 4.05. The number of nitrogens with zero attached hydrogens (tertiary/aromatic N) is 5. The van der Waals surface area contributed by atoms with Crippen molar-refractivity contribution in [3.05, 3.63) is 29.7 Å². The van der Waals surface area contributed by atoms with Gasteiger partial charge >= 0.3 is 0 Å². The van der Waals surface area contributed by atoms with Crippen LogP contribution < -0.4 is 0 Å². The molecule has 3 heterocycles. The first-order valence-corrected chi connectivity index (χ1v) is 7.67. The summed E-state index contributed by atoms with van der Waals surface area (Å²) in [5, 5.41) is 7.97. The minimum absolute atomic E-state index is 0.164. The van der Waals surface area contributed by atoms with Crippen LogP contribution in [0, 0.1) is 6.92 Å². The fourth-order valence-corrected chi connectivity index (χ4v) is 2.89. The average Bonchev–Trinajstić information content (AvgIpc) is 3.13. The van der Waals surface area contributed by atoms with Gasteiger partial charge in [-0.05, 0) is 31.7 Å². The molecule has 1 aliphatic heterocycles. The van der Waals surface area contributed by atoms with E-state index in [4.69, 9.17) is 4.52 Å². The second-order valence-electron chi connectivity index (χ2n) is 5.88. The molecule has 7 nitrogen and oxygen atoms in total. The quantitative estimate of drug-likeness (QED) is 0.854. The molecular weight excluding hydrogens is 282 g/mol. The summed E-state index contributed by atoms with van der Waals surface area (Å²) in [5.41, 5.74) is 1.09. The zero-order valence-electron chi connectivity index (χ0n) is 13.0. The van der Waals surface area contributed by atoms with Crippen molar-refractivity contribution in [1.82, 2.24) is 24.8 Å². The molecule has 1 atom stereocenters. The molecule has 1 saturated heterocycles. The lowest BCUT2D eigenvalue weighted by Crippen LogP contribution is -2.39. The predicted octanol–water partition coefficient (Wildman–Crippen LogP) is 1.45. The van der Waals surface area contributed by atoms with Crippen LogP contribution in [0.3, 0.4) is 0 Å². The number of aryl methyl sites for hydroxylation is 3. The van der Waals surface area contributed by atoms with Crippen LogP contribution in [0.15, 0.2) is 16.9 Å². The molecular formula is C15H21N5O2. The van der Waals surface area contributed by atoms with E-state index in [9.17, 15) is 4.79 Å². The van der Waals surface area contributed by atoms with E-state index in [2.05, 4.69) is 15.2 Å². The minimum Gasteiger partial charge on any atom is -0.342 e. The topological polar surface area (TPSA) is 77.0 Å². The Morgan fingerprint density at radius 3 is 3.05 bits per heavy atom. The molecule has 0 saturated carbocycles. The molecule has 2 aromatic heterocycles. The molecule has 118 valence electrons. The molecule has 0 unspecified atom stereocenters. The number of carbonyl (C=O) groups is 1. The molecule has 1 amide bonds. The number of rotatable bonds is 4. The van der Waals surface area contributed by atoms with Gasteiger partial charge in [-0.15, -0.1) is 0 Å². The van der Waals surface area contributed by atoms with Gasteiger partial charge in [0.05, 0.1) is 12.1 Å². The fourth-order valence-electron chi connectivity index (χ4n) is 2.89. The van der Waals surface area contributed by atoms with E-state index in [1.54, 1.807) is 4.68 Å². The molecule has 0 N–H and O–H groups in total. The van der Waals surface area contributed by atoms with Gasteiger partial charge in [0.15, 0.2) is 5.82 Å². The van der Waals surface area contributed by atoms with Crippen LogP contribution in [0.5, 0.6) is 0 Å². The van der Waals surface area contributed by atoms with E-state index >= 15 is 0 Å². The summed E-state index contributed by atoms with van der Waals surface area (Å²) >= 11 is 0. The molecule has 3 rings (SSSR count). The van der Waals surface area contributed by atoms with Gasteiger partial charge in [-0.2, -0.15) is 10.1 Å². The maximum absolute atomic E-state index is 12.4. The monoisotopic (exact) mass is 303 g/mol. The zero-order valence-corrected chi connectivity index (χ0v) is 13.0. The van der Waals surface area contributed by atoms with Crippen LogP contribution >= 0.6 is 0 Å². The Hall–Kier alpha value is -2.18. The van der Waals surface area contributed by atoms with E-state index < -0.39 is 0 Å². The molecule has 0 bridgehead atoms. The Labute approximate surface area is 129 Å². The summed E-state index contributed by atoms with van der Waals surface area (Å²) in [5.74, 6) is 1.65. The van der Waals surface area contributed by atoms with Gasteiger partial charge in [0.1, 0.15) is 0 Å². The lowest BCUT2D eigenvalue weighted by molar-refractivity contribution is -0.132. The highest BCUT2D eigenvalue weighted by Gasteiger charge is 2.28. The fraction of sp³-hybridized carbons (Fsp3) is 0.600. The van der Waals surface area contributed by atoms with Crippen molar-refractivity contribution in [2.24, 2.45) is 7.05 Å². The van der Waals surface area contributed by atoms with Crippen molar-refractivity contribution in [3.63, 3.8) is 0 Å². The first kappa shape index (κ1) is 14.7. The molecule has 0 aromatic carbocycles. The number of hydrogen-bond donors (Lipinski definition) is 0. The molecule has 2 aromatic rings. The number of hydrogen-bond acceptors (Lipinski definition) is 5. The summed E-state index contributed by atoms with van der Waals surface area (Å²) in [7, 11) is 1.88. The van der Waals surface area contributed by atoms with E-state index in [-0.39, 0.29) is 11.8 Å². The Kier molecular flexibility index (Phi) is 4.22. The first-order chi connectivity index (χ1) is 10.6. The van der Waals surface area contributed by atoms with E-state index in [0.29, 0.717) is 24.7 Å². The van der Waals surface area contributed by atoms with Crippen molar-refractivity contribution in [1.29, 1.82) is 0 Å². The smallest absolute Gasteiger partial charge is 0.231 e. The Bertz CT molecular complexity index is 648. The number of likely N-dealkylation sites (tertiary alicyclic amines) is 1. The number of aromatic nitrogens is 4. The summed E-state index contributed by atoms with van der Waals surface area (Å²) in [6, 6.07) is 0. The summed E-state index contributed by atoms with van der Waals surface area (Å²) in [6.45, 7) is 3.30. The number of piperidine rings is 1. The lowest BCUT2D eigenvalue weighted by atomic mass is 9.97. The lowest BCUT2D eigenvalue weighted by Gasteiger charge is -2.31. The third kappa shape index (κ3) is 3.35. The molecule has 0 spiro atoms. The van der Waals surface area contributed by atoms with Crippen molar-refractivity contribution in [3.8, 4) is 0 Å². The molecule has 7 heteroatoms. The van der Waals surface area contributed by atoms with Gasteiger partial charge in [0.25, 0.3) is 0 Å². The van der Waals surface area contributed by atoms with Crippen molar-refractivity contribution in [2.45, 2.75) is 38.5 Å². The van der Waals surface area contributed by atoms with Crippen molar-refractivity contribution < 1.29 is 9.32 Å².